The van der Waals surface area contributed by atoms with E-state index < -0.39 is 5.97 Å². The van der Waals surface area contributed by atoms with E-state index in [1.54, 1.807) is 36.1 Å². The number of hydrogen-bond acceptors (Lipinski definition) is 4. The number of carbonyl (C=O) groups is 2. The van der Waals surface area contributed by atoms with Crippen LogP contribution in [0.1, 0.15) is 33.8 Å². The smallest absolute Gasteiger partial charge is 0.340 e. The normalized spacial score (nSPS) is 17.0. The Balaban J connectivity index is 2.08. The Morgan fingerprint density at radius 3 is 2.68 bits per heavy atom. The molecule has 0 radical (unpaired) electrons. The molecule has 0 bridgehead atoms. The zero-order valence-corrected chi connectivity index (χ0v) is 14.8. The van der Waals surface area contributed by atoms with Gasteiger partial charge in [-0.25, -0.2) is 9.18 Å². The number of ether oxygens (including phenoxy) is 1. The average Bonchev–Trinajstić information content (AvgIpc) is 2.97. The maximum absolute atomic E-state index is 13.2. The van der Waals surface area contributed by atoms with Crippen LogP contribution in [-0.2, 0) is 9.53 Å². The molecule has 25 heavy (non-hydrogen) atoms. The number of rotatable bonds is 4. The minimum absolute atomic E-state index is 0.0841. The molecule has 0 spiro atoms. The van der Waals surface area contributed by atoms with Gasteiger partial charge < -0.3 is 4.74 Å². The average molecular weight is 359 g/mol. The van der Waals surface area contributed by atoms with Crippen molar-refractivity contribution in [1.29, 1.82) is 0 Å². The summed E-state index contributed by atoms with van der Waals surface area (Å²) in [5.41, 5.74) is 2.55. The first-order valence-corrected chi connectivity index (χ1v) is 9.03. The van der Waals surface area contributed by atoms with Crippen molar-refractivity contribution in [1.82, 2.24) is 0 Å². The predicted octanol–water partition coefficient (Wildman–Crippen LogP) is 4.09. The summed E-state index contributed by atoms with van der Waals surface area (Å²) < 4.78 is 18.4. The van der Waals surface area contributed by atoms with Crippen LogP contribution in [-0.4, -0.2) is 24.2 Å². The Labute approximate surface area is 150 Å². The number of carbonyl (C=O) groups excluding carboxylic acids is 2. The van der Waals surface area contributed by atoms with Crippen molar-refractivity contribution in [2.24, 2.45) is 0 Å². The molecule has 0 aliphatic carbocycles. The molecule has 0 aromatic heterocycles. The molecule has 0 saturated carbocycles. The summed E-state index contributed by atoms with van der Waals surface area (Å²) in [6.07, 6.45) is 0. The molecular formula is C19H18FNO3S. The van der Waals surface area contributed by atoms with Crippen LogP contribution in [0.2, 0.25) is 0 Å². The van der Waals surface area contributed by atoms with Crippen LogP contribution < -0.4 is 4.90 Å². The van der Waals surface area contributed by atoms with E-state index in [0.717, 1.165) is 11.1 Å². The highest BCUT2D eigenvalue weighted by Gasteiger charge is 2.37. The van der Waals surface area contributed by atoms with Gasteiger partial charge in [-0.3, -0.25) is 9.69 Å². The zero-order chi connectivity index (χ0) is 18.0. The van der Waals surface area contributed by atoms with Gasteiger partial charge >= 0.3 is 5.97 Å². The summed E-state index contributed by atoms with van der Waals surface area (Å²) in [5, 5.41) is -0.303. The SMILES string of the molecule is CCOC(=O)c1cccc(C)c1N1C(=O)CSC1c1ccc(F)cc1. The van der Waals surface area contributed by atoms with Gasteiger partial charge in [-0.15, -0.1) is 11.8 Å². The third kappa shape index (κ3) is 3.39. The summed E-state index contributed by atoms with van der Waals surface area (Å²) >= 11 is 1.46. The van der Waals surface area contributed by atoms with Crippen LogP contribution in [0.25, 0.3) is 0 Å². The standard InChI is InChI=1S/C19H18FNO3S/c1-3-24-19(23)15-6-4-5-12(2)17(15)21-16(22)11-25-18(21)13-7-9-14(20)10-8-13/h4-10,18H,3,11H2,1-2H3. The lowest BCUT2D eigenvalue weighted by Crippen LogP contribution is -2.30. The maximum Gasteiger partial charge on any atom is 0.340 e. The summed E-state index contributed by atoms with van der Waals surface area (Å²) in [4.78, 5) is 26.6. The van der Waals surface area contributed by atoms with Gasteiger partial charge in [-0.1, -0.05) is 24.3 Å². The van der Waals surface area contributed by atoms with Crippen molar-refractivity contribution in [3.05, 3.63) is 65.0 Å². The van der Waals surface area contributed by atoms with Crippen molar-refractivity contribution in [2.75, 3.05) is 17.3 Å². The van der Waals surface area contributed by atoms with Crippen LogP contribution >= 0.6 is 11.8 Å². The van der Waals surface area contributed by atoms with Crippen LogP contribution in [0.15, 0.2) is 42.5 Å². The first kappa shape index (κ1) is 17.5. The number of anilines is 1. The number of halogens is 1. The Morgan fingerprint density at radius 2 is 2.00 bits per heavy atom. The number of nitrogens with zero attached hydrogens (tertiary/aromatic N) is 1. The molecule has 4 nitrogen and oxygen atoms in total. The van der Waals surface area contributed by atoms with E-state index in [2.05, 4.69) is 0 Å². The van der Waals surface area contributed by atoms with Crippen LogP contribution in [0.5, 0.6) is 0 Å². The van der Waals surface area contributed by atoms with Gasteiger partial charge in [-0.2, -0.15) is 0 Å². The van der Waals surface area contributed by atoms with E-state index >= 15 is 0 Å². The molecule has 130 valence electrons. The Hall–Kier alpha value is -2.34. The summed E-state index contributed by atoms with van der Waals surface area (Å²) in [5.74, 6) is -0.561. The van der Waals surface area contributed by atoms with Crippen molar-refractivity contribution in [3.8, 4) is 0 Å². The van der Waals surface area contributed by atoms with Gasteiger partial charge in [0.1, 0.15) is 11.2 Å². The molecular weight excluding hydrogens is 341 g/mol. The minimum atomic E-state index is -0.455. The highest BCUT2D eigenvalue weighted by atomic mass is 32.2. The van der Waals surface area contributed by atoms with Gasteiger partial charge in [-0.05, 0) is 43.2 Å². The summed E-state index contributed by atoms with van der Waals surface area (Å²) in [6.45, 7) is 3.86. The zero-order valence-electron chi connectivity index (χ0n) is 14.0. The number of thioether (sulfide) groups is 1. The van der Waals surface area contributed by atoms with E-state index in [9.17, 15) is 14.0 Å². The second-order valence-corrected chi connectivity index (χ2v) is 6.74. The number of esters is 1. The third-order valence-corrected chi connectivity index (χ3v) is 5.21. The Bertz CT molecular complexity index is 807. The molecule has 2 aromatic rings. The lowest BCUT2D eigenvalue weighted by Gasteiger charge is -2.27. The van der Waals surface area contributed by atoms with Crippen LogP contribution in [0.4, 0.5) is 10.1 Å². The number of benzene rings is 2. The fourth-order valence-electron chi connectivity index (χ4n) is 2.89. The summed E-state index contributed by atoms with van der Waals surface area (Å²) in [7, 11) is 0. The molecule has 2 aromatic carbocycles. The highest BCUT2D eigenvalue weighted by Crippen LogP contribution is 2.44. The second-order valence-electron chi connectivity index (χ2n) is 5.67. The molecule has 6 heteroatoms. The summed E-state index contributed by atoms with van der Waals surface area (Å²) in [6, 6.07) is 11.4. The molecule has 1 aliphatic heterocycles. The third-order valence-electron chi connectivity index (χ3n) is 4.00. The van der Waals surface area contributed by atoms with Crippen LogP contribution in [0.3, 0.4) is 0 Å². The molecule has 1 aliphatic rings. The number of hydrogen-bond donors (Lipinski definition) is 0. The fraction of sp³-hybridized carbons (Fsp3) is 0.263. The van der Waals surface area contributed by atoms with Crippen molar-refractivity contribution >= 4 is 29.3 Å². The maximum atomic E-state index is 13.2. The molecule has 1 saturated heterocycles. The van der Waals surface area contributed by atoms with Crippen molar-refractivity contribution in [3.63, 3.8) is 0 Å². The molecule has 1 atom stereocenters. The molecule has 1 heterocycles. The number of para-hydroxylation sites is 1. The topological polar surface area (TPSA) is 46.6 Å². The Morgan fingerprint density at radius 1 is 1.28 bits per heavy atom. The molecule has 1 unspecified atom stereocenters. The monoisotopic (exact) mass is 359 g/mol. The fourth-order valence-corrected chi connectivity index (χ4v) is 4.05. The van der Waals surface area contributed by atoms with Crippen molar-refractivity contribution in [2.45, 2.75) is 19.2 Å². The molecule has 1 fully saturated rings. The van der Waals surface area contributed by atoms with E-state index in [1.165, 1.54) is 23.9 Å². The lowest BCUT2D eigenvalue weighted by atomic mass is 10.1. The van der Waals surface area contributed by atoms with E-state index in [1.807, 2.05) is 13.0 Å². The van der Waals surface area contributed by atoms with E-state index in [-0.39, 0.29) is 23.7 Å². The largest absolute Gasteiger partial charge is 0.462 e. The first-order chi connectivity index (χ1) is 12.0. The van der Waals surface area contributed by atoms with E-state index in [0.29, 0.717) is 17.0 Å². The van der Waals surface area contributed by atoms with Gasteiger partial charge in [0, 0.05) is 0 Å². The van der Waals surface area contributed by atoms with Crippen LogP contribution in [0, 0.1) is 12.7 Å². The highest BCUT2D eigenvalue weighted by molar-refractivity contribution is 8.00. The quantitative estimate of drug-likeness (QED) is 0.772. The van der Waals surface area contributed by atoms with Gasteiger partial charge in [0.15, 0.2) is 0 Å². The molecule has 0 N–H and O–H groups in total. The lowest BCUT2D eigenvalue weighted by molar-refractivity contribution is -0.115. The van der Waals surface area contributed by atoms with E-state index in [4.69, 9.17) is 4.74 Å². The van der Waals surface area contributed by atoms with Crippen molar-refractivity contribution < 1.29 is 18.7 Å². The number of aryl methyl sites for hydroxylation is 1. The van der Waals surface area contributed by atoms with Gasteiger partial charge in [0.25, 0.3) is 0 Å². The van der Waals surface area contributed by atoms with Gasteiger partial charge in [0.05, 0.1) is 23.6 Å². The number of amides is 1. The predicted molar refractivity (Wildman–Crippen MR) is 96.2 cm³/mol. The molecule has 1 amide bonds. The van der Waals surface area contributed by atoms with Gasteiger partial charge in [0.2, 0.25) is 5.91 Å². The minimum Gasteiger partial charge on any atom is -0.462 e. The first-order valence-electron chi connectivity index (χ1n) is 7.98. The molecule has 3 rings (SSSR count). The second kappa shape index (κ2) is 7.27. The Kier molecular flexibility index (Phi) is 5.08.